The fourth-order valence-corrected chi connectivity index (χ4v) is 3.57. The Labute approximate surface area is 204 Å². The number of rotatable bonds is 10. The lowest BCUT2D eigenvalue weighted by Crippen LogP contribution is -2.34. The minimum absolute atomic E-state index is 0.201. The second kappa shape index (κ2) is 11.6. The highest BCUT2D eigenvalue weighted by Gasteiger charge is 2.20. The third-order valence-corrected chi connectivity index (χ3v) is 5.39. The van der Waals surface area contributed by atoms with Crippen molar-refractivity contribution in [3.63, 3.8) is 0 Å². The van der Waals surface area contributed by atoms with Crippen LogP contribution < -0.4 is 15.4 Å². The molecule has 0 bridgehead atoms. The third kappa shape index (κ3) is 6.76. The quantitative estimate of drug-likeness (QED) is 0.369. The number of ether oxygens (including phenoxy) is 1. The van der Waals surface area contributed by atoms with Crippen LogP contribution in [0.25, 0.3) is 0 Å². The lowest BCUT2D eigenvalue weighted by Gasteiger charge is -2.19. The van der Waals surface area contributed by atoms with Gasteiger partial charge in [0.15, 0.2) is 0 Å². The molecule has 2 aromatic heterocycles. The summed E-state index contributed by atoms with van der Waals surface area (Å²) in [6.45, 7) is 0.980. The van der Waals surface area contributed by atoms with Crippen LogP contribution in [0, 0.1) is 11.3 Å². The van der Waals surface area contributed by atoms with Crippen LogP contribution >= 0.6 is 0 Å². The van der Waals surface area contributed by atoms with Crippen molar-refractivity contribution in [2.24, 2.45) is 7.05 Å². The highest BCUT2D eigenvalue weighted by atomic mass is 16.5. The number of nitrogens with zero attached hydrogens (tertiary/aromatic N) is 4. The number of hydrogen-bond donors (Lipinski definition) is 2. The highest BCUT2D eigenvalue weighted by molar-refractivity contribution is 5.94. The summed E-state index contributed by atoms with van der Waals surface area (Å²) in [5.74, 6) is 0.845. The maximum absolute atomic E-state index is 13.1. The van der Waals surface area contributed by atoms with Crippen LogP contribution in [0.4, 0.5) is 5.82 Å². The van der Waals surface area contributed by atoms with Gasteiger partial charge in [-0.3, -0.25) is 9.48 Å². The highest BCUT2D eigenvalue weighted by Crippen LogP contribution is 2.18. The number of amides is 1. The average molecular weight is 467 g/mol. The van der Waals surface area contributed by atoms with Crippen LogP contribution in [-0.2, 0) is 24.9 Å². The summed E-state index contributed by atoms with van der Waals surface area (Å²) in [4.78, 5) is 17.5. The minimum atomic E-state index is -0.544. The van der Waals surface area contributed by atoms with Crippen LogP contribution in [0.1, 0.15) is 28.3 Å². The first-order chi connectivity index (χ1) is 17.1. The van der Waals surface area contributed by atoms with Crippen LogP contribution in [0.15, 0.2) is 85.3 Å². The SMILES string of the molecule is Cn1cc(COc2ccc(NC(=O)C(NCCc3ccc(C#N)cc3)c3ccccc3)nc2)cn1. The molecule has 0 saturated carbocycles. The van der Waals surface area contributed by atoms with E-state index in [0.717, 1.165) is 23.1 Å². The van der Waals surface area contributed by atoms with Gasteiger partial charge >= 0.3 is 0 Å². The van der Waals surface area contributed by atoms with Crippen molar-refractivity contribution in [2.75, 3.05) is 11.9 Å². The number of nitrogens with one attached hydrogen (secondary N) is 2. The number of carbonyl (C=O) groups excluding carboxylic acids is 1. The molecule has 0 spiro atoms. The lowest BCUT2D eigenvalue weighted by atomic mass is 10.1. The van der Waals surface area contributed by atoms with Crippen molar-refractivity contribution >= 4 is 11.7 Å². The van der Waals surface area contributed by atoms with Crippen molar-refractivity contribution in [1.82, 2.24) is 20.1 Å². The Morgan fingerprint density at radius 3 is 2.51 bits per heavy atom. The Hall–Kier alpha value is -4.48. The molecule has 2 heterocycles. The smallest absolute Gasteiger partial charge is 0.247 e. The van der Waals surface area contributed by atoms with E-state index in [2.05, 4.69) is 26.8 Å². The molecule has 8 nitrogen and oxygen atoms in total. The Morgan fingerprint density at radius 1 is 1.06 bits per heavy atom. The Bertz CT molecular complexity index is 1280. The molecule has 0 fully saturated rings. The molecule has 8 heteroatoms. The monoisotopic (exact) mass is 466 g/mol. The predicted molar refractivity (Wildman–Crippen MR) is 132 cm³/mol. The molecule has 0 aliphatic carbocycles. The largest absolute Gasteiger partial charge is 0.487 e. The fraction of sp³-hybridized carbons (Fsp3) is 0.185. The fourth-order valence-electron chi connectivity index (χ4n) is 3.57. The molecular formula is C27H26N6O2. The van der Waals surface area contributed by atoms with Crippen LogP contribution in [-0.4, -0.2) is 27.2 Å². The first-order valence-electron chi connectivity index (χ1n) is 11.3. The van der Waals surface area contributed by atoms with Gasteiger partial charge in [-0.15, -0.1) is 0 Å². The molecule has 2 aromatic carbocycles. The first-order valence-corrected chi connectivity index (χ1v) is 11.3. The maximum Gasteiger partial charge on any atom is 0.247 e. The van der Waals surface area contributed by atoms with E-state index in [9.17, 15) is 4.79 Å². The Kier molecular flexibility index (Phi) is 7.84. The van der Waals surface area contributed by atoms with Crippen LogP contribution in [0.3, 0.4) is 0 Å². The van der Waals surface area contributed by atoms with E-state index in [4.69, 9.17) is 10.00 Å². The van der Waals surface area contributed by atoms with Gasteiger partial charge in [-0.25, -0.2) is 4.98 Å². The summed E-state index contributed by atoms with van der Waals surface area (Å²) in [7, 11) is 1.85. The van der Waals surface area contributed by atoms with Crippen molar-refractivity contribution in [3.8, 4) is 11.8 Å². The van der Waals surface area contributed by atoms with Gasteiger partial charge in [-0.1, -0.05) is 42.5 Å². The summed E-state index contributed by atoms with van der Waals surface area (Å²) in [6.07, 6.45) is 5.95. The zero-order valence-corrected chi connectivity index (χ0v) is 19.4. The topological polar surface area (TPSA) is 105 Å². The van der Waals surface area contributed by atoms with E-state index in [1.54, 1.807) is 41.3 Å². The number of hydrogen-bond acceptors (Lipinski definition) is 6. The van der Waals surface area contributed by atoms with E-state index in [-0.39, 0.29) is 5.91 Å². The third-order valence-electron chi connectivity index (χ3n) is 5.39. The molecular weight excluding hydrogens is 440 g/mol. The van der Waals surface area contributed by atoms with Gasteiger partial charge < -0.3 is 15.4 Å². The number of aryl methyl sites for hydroxylation is 1. The zero-order chi connectivity index (χ0) is 24.5. The van der Waals surface area contributed by atoms with Crippen LogP contribution in [0.5, 0.6) is 5.75 Å². The van der Waals surface area contributed by atoms with Crippen molar-refractivity contribution in [2.45, 2.75) is 19.1 Å². The second-order valence-corrected chi connectivity index (χ2v) is 8.04. The Morgan fingerprint density at radius 2 is 1.86 bits per heavy atom. The molecule has 176 valence electrons. The average Bonchev–Trinajstić information content (AvgIpc) is 3.32. The standard InChI is InChI=1S/C27H26N6O2/c1-33-18-22(16-31-33)19-35-24-11-12-25(30-17-24)32-27(34)26(23-5-3-2-4-6-23)29-14-13-20-7-9-21(15-28)10-8-20/h2-12,16-18,26,29H,13-14,19H2,1H3,(H,30,32,34). The molecule has 0 radical (unpaired) electrons. The van der Waals surface area contributed by atoms with Gasteiger partial charge in [0.2, 0.25) is 5.91 Å². The van der Waals surface area contributed by atoms with E-state index >= 15 is 0 Å². The molecule has 1 unspecified atom stereocenters. The van der Waals surface area contributed by atoms with E-state index in [1.165, 1.54) is 0 Å². The summed E-state index contributed by atoms with van der Waals surface area (Å²) < 4.78 is 7.45. The maximum atomic E-state index is 13.1. The van der Waals surface area contributed by atoms with E-state index < -0.39 is 6.04 Å². The minimum Gasteiger partial charge on any atom is -0.487 e. The molecule has 1 atom stereocenters. The van der Waals surface area contributed by atoms with Gasteiger partial charge in [-0.05, 0) is 41.8 Å². The van der Waals surface area contributed by atoms with Gasteiger partial charge in [0.05, 0.1) is 24.0 Å². The first kappa shape index (κ1) is 23.7. The van der Waals surface area contributed by atoms with Crippen LogP contribution in [0.2, 0.25) is 0 Å². The van der Waals surface area contributed by atoms with E-state index in [1.807, 2.05) is 55.7 Å². The zero-order valence-electron chi connectivity index (χ0n) is 19.4. The Balaban J connectivity index is 1.36. The van der Waals surface area contributed by atoms with Gasteiger partial charge in [-0.2, -0.15) is 10.4 Å². The predicted octanol–water partition coefficient (Wildman–Crippen LogP) is 3.78. The molecule has 0 saturated heterocycles. The molecule has 35 heavy (non-hydrogen) atoms. The van der Waals surface area contributed by atoms with Gasteiger partial charge in [0.1, 0.15) is 24.2 Å². The molecule has 4 aromatic rings. The van der Waals surface area contributed by atoms with Crippen molar-refractivity contribution < 1.29 is 9.53 Å². The summed E-state index contributed by atoms with van der Waals surface area (Å²) in [6, 6.07) is 22.1. The number of nitriles is 1. The summed E-state index contributed by atoms with van der Waals surface area (Å²) >= 11 is 0. The number of benzene rings is 2. The summed E-state index contributed by atoms with van der Waals surface area (Å²) in [5, 5.41) is 19.3. The molecule has 4 rings (SSSR count). The lowest BCUT2D eigenvalue weighted by molar-refractivity contribution is -0.118. The number of anilines is 1. The molecule has 1 amide bonds. The van der Waals surface area contributed by atoms with Crippen molar-refractivity contribution in [1.29, 1.82) is 5.26 Å². The van der Waals surface area contributed by atoms with Gasteiger partial charge in [0.25, 0.3) is 0 Å². The molecule has 2 N–H and O–H groups in total. The molecule has 0 aliphatic heterocycles. The van der Waals surface area contributed by atoms with Gasteiger partial charge in [0, 0.05) is 25.4 Å². The number of pyridine rings is 1. The normalized spacial score (nSPS) is 11.4. The molecule has 0 aliphatic rings. The second-order valence-electron chi connectivity index (χ2n) is 8.04. The van der Waals surface area contributed by atoms with Crippen molar-refractivity contribution in [3.05, 3.63) is 108 Å². The summed E-state index contributed by atoms with van der Waals surface area (Å²) in [5.41, 5.74) is 3.54. The number of carbonyl (C=O) groups is 1. The number of aromatic nitrogens is 3. The van der Waals surface area contributed by atoms with E-state index in [0.29, 0.717) is 30.3 Å².